The van der Waals surface area contributed by atoms with E-state index in [1.807, 2.05) is 0 Å². The molecule has 2 atom stereocenters. The summed E-state index contributed by atoms with van der Waals surface area (Å²) < 4.78 is 19.0. The number of hydrogen-bond donors (Lipinski definition) is 1. The molecule has 7 heteroatoms. The van der Waals surface area contributed by atoms with Crippen molar-refractivity contribution in [1.82, 2.24) is 13.3 Å². The predicted octanol–water partition coefficient (Wildman–Crippen LogP) is 1.71. The third-order valence-corrected chi connectivity index (χ3v) is 2.94. The van der Waals surface area contributed by atoms with Crippen LogP contribution in [0.3, 0.4) is 0 Å². The quantitative estimate of drug-likeness (QED) is 0.610. The summed E-state index contributed by atoms with van der Waals surface area (Å²) in [5.41, 5.74) is 0. The number of aromatic amines is 1. The lowest BCUT2D eigenvalue weighted by molar-refractivity contribution is 0.454. The lowest BCUT2D eigenvalue weighted by Gasteiger charge is -1.83. The minimum atomic E-state index is 0.0984. The van der Waals surface area contributed by atoms with Gasteiger partial charge in [-0.3, -0.25) is 0 Å². The molecule has 0 saturated carbocycles. The molecule has 0 amide bonds. The maximum Gasteiger partial charge on any atom is 0.174 e. The Labute approximate surface area is 44.2 Å². The lowest BCUT2D eigenvalue weighted by atomic mass is 13.7. The van der Waals surface area contributed by atoms with E-state index in [2.05, 4.69) is 9.02 Å². The Morgan fingerprint density at radius 1 is 1.86 bits per heavy atom. The second kappa shape index (κ2) is 2.52. The van der Waals surface area contributed by atoms with Crippen LogP contribution in [0.2, 0.25) is 0 Å². The van der Waals surface area contributed by atoms with E-state index in [0.29, 0.717) is 21.3 Å². The van der Waals surface area contributed by atoms with Crippen LogP contribution < -0.4 is 0 Å². The smallest absolute Gasteiger partial charge is 0.174 e. The van der Waals surface area contributed by atoms with Gasteiger partial charge >= 0.3 is 0 Å². The van der Waals surface area contributed by atoms with Gasteiger partial charge in [-0.1, -0.05) is 4.48 Å². The molecule has 0 aromatic carbocycles. The normalized spacial score (nSPS) is 12.1. The number of rotatable bonds is 0. The molecule has 3 nitrogen and oxygen atoms in total. The third-order valence-electron chi connectivity index (χ3n) is 0.377. The molecule has 7 heavy (non-hydrogen) atoms. The molecule has 1 N–H and O–H groups in total. The summed E-state index contributed by atoms with van der Waals surface area (Å²) in [6.45, 7) is 0. The summed E-state index contributed by atoms with van der Waals surface area (Å²) in [6.07, 6.45) is 0. The Morgan fingerprint density at radius 2 is 2.71 bits per heavy atom. The number of halogens is 1. The molecule has 2 unspecified atom stereocenters. The zero-order chi connectivity index (χ0) is 5.11. The van der Waals surface area contributed by atoms with Crippen LogP contribution in [0.5, 0.6) is 0 Å². The average molecular weight is 157 g/mol. The van der Waals surface area contributed by atoms with Crippen LogP contribution in [0.1, 0.15) is 0 Å². The van der Waals surface area contributed by atoms with Crippen molar-refractivity contribution >= 4 is 25.5 Å². The van der Waals surface area contributed by atoms with Gasteiger partial charge in [0.25, 0.3) is 0 Å². The molecule has 0 bridgehead atoms. The monoisotopic (exact) mass is 157 g/mol. The first-order valence-electron chi connectivity index (χ1n) is 1.52. The van der Waals surface area contributed by atoms with Crippen LogP contribution in [0, 0.1) is 0 Å². The standard InChI is InChI=1S/FH3N3P3/c1-4-6-2-5-3-7-4/h2,5-6H. The second-order valence-corrected chi connectivity index (χ2v) is 4.34. The number of H-pyrrole nitrogens is 1. The summed E-state index contributed by atoms with van der Waals surface area (Å²) in [5.74, 6) is 0. The van der Waals surface area contributed by atoms with Crippen LogP contribution in [-0.2, 0) is 0 Å². The topological polar surface area (TPSA) is 33.6 Å². The van der Waals surface area contributed by atoms with Gasteiger partial charge in [0, 0.05) is 8.51 Å². The summed E-state index contributed by atoms with van der Waals surface area (Å²) in [7, 11) is 0.930. The molecule has 1 rings (SSSR count). The molecule has 1 aromatic rings. The molecule has 0 aliphatic rings. The van der Waals surface area contributed by atoms with Crippen LogP contribution in [-0.4, -0.2) is 13.3 Å². The van der Waals surface area contributed by atoms with Crippen LogP contribution in [0.4, 0.5) is 4.48 Å². The van der Waals surface area contributed by atoms with Gasteiger partial charge in [-0.05, 0) is 0 Å². The van der Waals surface area contributed by atoms with Crippen molar-refractivity contribution in [2.75, 3.05) is 0 Å². The van der Waals surface area contributed by atoms with Gasteiger partial charge in [-0.15, -0.1) is 4.31 Å². The molecule has 0 radical (unpaired) electrons. The molecule has 0 aliphatic heterocycles. The van der Waals surface area contributed by atoms with Crippen molar-refractivity contribution in [2.45, 2.75) is 0 Å². The minimum Gasteiger partial charge on any atom is -0.311 e. The Morgan fingerprint density at radius 3 is 3.00 bits per heavy atom. The zero-order valence-electron chi connectivity index (χ0n) is 3.22. The Hall–Kier alpha value is 0.230. The summed E-state index contributed by atoms with van der Waals surface area (Å²) >= 11 is 0. The molecule has 0 saturated heterocycles. The first-order valence-corrected chi connectivity index (χ1v) is 4.21. The SMILES string of the molecule is Fn1pn[pH][nH][pH]1. The van der Waals surface area contributed by atoms with Gasteiger partial charge in [-0.2, -0.15) is 4.51 Å². The lowest BCUT2D eigenvalue weighted by Crippen LogP contribution is -1.63. The van der Waals surface area contributed by atoms with E-state index in [0.717, 1.165) is 0 Å². The van der Waals surface area contributed by atoms with Crippen molar-refractivity contribution in [1.29, 1.82) is 0 Å². The molecule has 0 fully saturated rings. The largest absolute Gasteiger partial charge is 0.311 e. The van der Waals surface area contributed by atoms with Crippen molar-refractivity contribution in [2.24, 2.45) is 0 Å². The van der Waals surface area contributed by atoms with Crippen LogP contribution in [0.25, 0.3) is 0 Å². The highest BCUT2D eigenvalue weighted by Gasteiger charge is 1.72. The molecule has 1 aromatic heterocycles. The molecular formula is H3FN3P3. The van der Waals surface area contributed by atoms with Crippen molar-refractivity contribution in [3.63, 3.8) is 0 Å². The molecule has 0 aliphatic carbocycles. The number of hydrogen-bond acceptors (Lipinski definition) is 1. The maximum atomic E-state index is 11.9. The number of nitrogens with zero attached hydrogens (tertiary/aromatic N) is 2. The fourth-order valence-electron chi connectivity index (χ4n) is 0.180. The van der Waals surface area contributed by atoms with Gasteiger partial charge in [0.05, 0.1) is 8.51 Å². The Bertz CT molecular complexity index is 140. The predicted molar refractivity (Wildman–Crippen MR) is 32.2 cm³/mol. The van der Waals surface area contributed by atoms with Gasteiger partial charge < -0.3 is 4.51 Å². The molecule has 1 heterocycles. The highest BCUT2D eigenvalue weighted by molar-refractivity contribution is 7.44. The van der Waals surface area contributed by atoms with Crippen LogP contribution >= 0.6 is 25.5 Å². The fourth-order valence-corrected chi connectivity index (χ4v) is 2.92. The van der Waals surface area contributed by atoms with Gasteiger partial charge in [0.2, 0.25) is 0 Å². The number of nitrogens with one attached hydrogen (secondary N) is 1. The summed E-state index contributed by atoms with van der Waals surface area (Å²) in [4.78, 5) is 0. The zero-order valence-corrected chi connectivity index (χ0v) is 6.11. The van der Waals surface area contributed by atoms with E-state index < -0.39 is 0 Å². The highest BCUT2D eigenvalue weighted by atomic mass is 31.1. The Kier molecular flexibility index (Phi) is 1.93. The van der Waals surface area contributed by atoms with Crippen LogP contribution in [0.15, 0.2) is 0 Å². The second-order valence-electron chi connectivity index (χ2n) is 0.798. The molecule has 40 valence electrons. The van der Waals surface area contributed by atoms with Crippen molar-refractivity contribution in [3.8, 4) is 0 Å². The average Bonchev–Trinajstić information content (AvgIpc) is 1.69. The maximum absolute atomic E-state index is 11.9. The first-order chi connectivity index (χ1) is 3.39. The molecule has 0 spiro atoms. The first kappa shape index (κ1) is 5.37. The van der Waals surface area contributed by atoms with E-state index in [-0.39, 0.29) is 8.51 Å². The van der Waals surface area contributed by atoms with Gasteiger partial charge in [-0.25, -0.2) is 0 Å². The van der Waals surface area contributed by atoms with E-state index >= 15 is 0 Å². The summed E-state index contributed by atoms with van der Waals surface area (Å²) in [6, 6.07) is 0. The van der Waals surface area contributed by atoms with Gasteiger partial charge in [0.15, 0.2) is 8.51 Å². The summed E-state index contributed by atoms with van der Waals surface area (Å²) in [5, 5.41) is 0. The number of aromatic nitrogens is 3. The highest BCUT2D eigenvalue weighted by Crippen LogP contribution is 2.10. The van der Waals surface area contributed by atoms with Crippen molar-refractivity contribution in [3.05, 3.63) is 0 Å². The minimum absolute atomic E-state index is 0.0984. The van der Waals surface area contributed by atoms with E-state index in [4.69, 9.17) is 0 Å². The third kappa shape index (κ3) is 1.65. The van der Waals surface area contributed by atoms with E-state index in [9.17, 15) is 4.48 Å². The molecular weight excluding hydrogens is 154 g/mol. The van der Waals surface area contributed by atoms with E-state index in [1.165, 1.54) is 0 Å². The fraction of sp³-hybridized carbons (Fsp3) is 0. The Balaban J connectivity index is 3.02. The van der Waals surface area contributed by atoms with Crippen molar-refractivity contribution < 1.29 is 4.48 Å². The van der Waals surface area contributed by atoms with Gasteiger partial charge in [0.1, 0.15) is 0 Å². The van der Waals surface area contributed by atoms with E-state index in [1.54, 1.807) is 0 Å².